The Hall–Kier alpha value is -1.43. The van der Waals surface area contributed by atoms with Crippen LogP contribution in [0, 0.1) is 18.8 Å². The van der Waals surface area contributed by atoms with Crippen LogP contribution in [0.3, 0.4) is 0 Å². The molecular weight excluding hydrogens is 280 g/mol. The maximum Gasteiger partial charge on any atom is 0.278 e. The third-order valence-electron chi connectivity index (χ3n) is 4.85. The maximum absolute atomic E-state index is 12.7. The largest absolute Gasteiger partial charge is 0.336 e. The van der Waals surface area contributed by atoms with Gasteiger partial charge in [-0.15, -0.1) is 0 Å². The summed E-state index contributed by atoms with van der Waals surface area (Å²) in [5.74, 6) is 1.37. The van der Waals surface area contributed by atoms with E-state index in [1.807, 2.05) is 4.90 Å². The molecule has 1 amide bonds. The normalized spacial score (nSPS) is 23.8. The smallest absolute Gasteiger partial charge is 0.278 e. The second-order valence-corrected chi connectivity index (χ2v) is 7.05. The fourth-order valence-electron chi connectivity index (χ4n) is 3.31. The standard InChI is InChI=1S/C16H26N4O2/c1-11(2)14-10-20(16(21)15-12(3)17-22-18-15)8-4-7-19(14)9-13-5-6-13/h11,13-14H,4-10H2,1-3H3/t14-/m0/s1. The van der Waals surface area contributed by atoms with E-state index in [-0.39, 0.29) is 5.91 Å². The molecule has 2 fully saturated rings. The SMILES string of the molecule is Cc1nonc1C(=O)N1CCCN(CC2CC2)[C@H](C(C)C)C1. The lowest BCUT2D eigenvalue weighted by Crippen LogP contribution is -2.46. The van der Waals surface area contributed by atoms with Crippen molar-refractivity contribution in [1.82, 2.24) is 20.1 Å². The van der Waals surface area contributed by atoms with Crippen molar-refractivity contribution in [2.24, 2.45) is 11.8 Å². The van der Waals surface area contributed by atoms with Gasteiger partial charge >= 0.3 is 0 Å². The fourth-order valence-corrected chi connectivity index (χ4v) is 3.31. The van der Waals surface area contributed by atoms with Crippen molar-refractivity contribution >= 4 is 5.91 Å². The number of hydrogen-bond acceptors (Lipinski definition) is 5. The second-order valence-electron chi connectivity index (χ2n) is 7.05. The highest BCUT2D eigenvalue weighted by Gasteiger charge is 2.34. The van der Waals surface area contributed by atoms with E-state index in [9.17, 15) is 4.79 Å². The van der Waals surface area contributed by atoms with Crippen LogP contribution < -0.4 is 0 Å². The molecule has 3 rings (SSSR count). The predicted molar refractivity (Wildman–Crippen MR) is 82.5 cm³/mol. The molecule has 2 heterocycles. The molecule has 0 unspecified atom stereocenters. The molecule has 122 valence electrons. The summed E-state index contributed by atoms with van der Waals surface area (Å²) in [6.45, 7) is 10.1. The first-order valence-electron chi connectivity index (χ1n) is 8.38. The number of hydrogen-bond donors (Lipinski definition) is 0. The van der Waals surface area contributed by atoms with Crippen LogP contribution in [0.25, 0.3) is 0 Å². The Kier molecular flexibility index (Phi) is 4.47. The van der Waals surface area contributed by atoms with Gasteiger partial charge < -0.3 is 4.90 Å². The lowest BCUT2D eigenvalue weighted by atomic mass is 10.0. The summed E-state index contributed by atoms with van der Waals surface area (Å²) in [6.07, 6.45) is 3.76. The lowest BCUT2D eigenvalue weighted by Gasteiger charge is -2.34. The van der Waals surface area contributed by atoms with Crippen LogP contribution in [0.1, 0.15) is 49.3 Å². The summed E-state index contributed by atoms with van der Waals surface area (Å²) in [7, 11) is 0. The molecule has 1 saturated carbocycles. The van der Waals surface area contributed by atoms with Crippen molar-refractivity contribution in [2.45, 2.75) is 46.1 Å². The highest BCUT2D eigenvalue weighted by Crippen LogP contribution is 2.32. The number of amides is 1. The van der Waals surface area contributed by atoms with Gasteiger partial charge in [0.1, 0.15) is 5.69 Å². The lowest BCUT2D eigenvalue weighted by molar-refractivity contribution is 0.0693. The molecular formula is C16H26N4O2. The first-order chi connectivity index (χ1) is 10.6. The molecule has 1 saturated heterocycles. The van der Waals surface area contributed by atoms with E-state index < -0.39 is 0 Å². The summed E-state index contributed by atoms with van der Waals surface area (Å²) in [4.78, 5) is 17.2. The minimum Gasteiger partial charge on any atom is -0.336 e. The van der Waals surface area contributed by atoms with E-state index in [0.717, 1.165) is 32.0 Å². The van der Waals surface area contributed by atoms with Gasteiger partial charge in [-0.2, -0.15) is 0 Å². The van der Waals surface area contributed by atoms with Gasteiger partial charge in [0.25, 0.3) is 5.91 Å². The molecule has 1 aliphatic carbocycles. The van der Waals surface area contributed by atoms with E-state index in [0.29, 0.717) is 23.3 Å². The number of carbonyl (C=O) groups excluding carboxylic acids is 1. The van der Waals surface area contributed by atoms with Crippen LogP contribution in [-0.4, -0.2) is 58.2 Å². The fraction of sp³-hybridized carbons (Fsp3) is 0.812. The van der Waals surface area contributed by atoms with Gasteiger partial charge in [-0.3, -0.25) is 9.69 Å². The quantitative estimate of drug-likeness (QED) is 0.851. The van der Waals surface area contributed by atoms with Gasteiger partial charge in [0, 0.05) is 32.2 Å². The van der Waals surface area contributed by atoms with Crippen LogP contribution in [0.15, 0.2) is 4.63 Å². The molecule has 1 aromatic rings. The Morgan fingerprint density at radius 3 is 2.68 bits per heavy atom. The molecule has 1 aliphatic heterocycles. The zero-order valence-electron chi connectivity index (χ0n) is 13.8. The zero-order chi connectivity index (χ0) is 15.7. The Balaban J connectivity index is 1.73. The van der Waals surface area contributed by atoms with E-state index >= 15 is 0 Å². The predicted octanol–water partition coefficient (Wildman–Crippen LogP) is 1.96. The molecule has 0 N–H and O–H groups in total. The average molecular weight is 306 g/mol. The average Bonchev–Trinajstić information content (AvgIpc) is 3.23. The van der Waals surface area contributed by atoms with Crippen LogP contribution in [0.5, 0.6) is 0 Å². The minimum atomic E-state index is -0.0438. The summed E-state index contributed by atoms with van der Waals surface area (Å²) >= 11 is 0. The number of rotatable bonds is 4. The third-order valence-corrected chi connectivity index (χ3v) is 4.85. The number of carbonyl (C=O) groups is 1. The molecule has 0 bridgehead atoms. The molecule has 0 aromatic carbocycles. The van der Waals surface area contributed by atoms with Gasteiger partial charge in [0.2, 0.25) is 0 Å². The van der Waals surface area contributed by atoms with Gasteiger partial charge in [-0.05, 0) is 43.2 Å². The second kappa shape index (κ2) is 6.36. The van der Waals surface area contributed by atoms with Gasteiger partial charge in [-0.1, -0.05) is 19.0 Å². The van der Waals surface area contributed by atoms with Gasteiger partial charge in [0.15, 0.2) is 5.69 Å². The molecule has 2 aliphatic rings. The molecule has 1 aromatic heterocycles. The molecule has 0 radical (unpaired) electrons. The first-order valence-corrected chi connectivity index (χ1v) is 8.38. The summed E-state index contributed by atoms with van der Waals surface area (Å²) < 4.78 is 4.69. The van der Waals surface area contributed by atoms with E-state index in [1.54, 1.807) is 6.92 Å². The van der Waals surface area contributed by atoms with Crippen LogP contribution in [-0.2, 0) is 0 Å². The van der Waals surface area contributed by atoms with Crippen LogP contribution >= 0.6 is 0 Å². The summed E-state index contributed by atoms with van der Waals surface area (Å²) in [5.41, 5.74) is 0.934. The molecule has 6 heteroatoms. The van der Waals surface area contributed by atoms with E-state index in [1.165, 1.54) is 19.4 Å². The Morgan fingerprint density at radius 1 is 1.32 bits per heavy atom. The molecule has 6 nitrogen and oxygen atoms in total. The van der Waals surface area contributed by atoms with Crippen molar-refractivity contribution in [3.05, 3.63) is 11.4 Å². The summed E-state index contributed by atoms with van der Waals surface area (Å²) in [5, 5.41) is 7.51. The molecule has 22 heavy (non-hydrogen) atoms. The van der Waals surface area contributed by atoms with E-state index in [2.05, 4.69) is 33.7 Å². The Bertz CT molecular complexity index is 524. The number of aryl methyl sites for hydroxylation is 1. The van der Waals surface area contributed by atoms with Crippen LogP contribution in [0.2, 0.25) is 0 Å². The summed E-state index contributed by atoms with van der Waals surface area (Å²) in [6, 6.07) is 0.423. The topological polar surface area (TPSA) is 62.5 Å². The van der Waals surface area contributed by atoms with Crippen molar-refractivity contribution in [3.8, 4) is 0 Å². The minimum absolute atomic E-state index is 0.0438. The number of aromatic nitrogens is 2. The highest BCUT2D eigenvalue weighted by atomic mass is 16.6. The molecule has 0 spiro atoms. The van der Waals surface area contributed by atoms with Crippen molar-refractivity contribution < 1.29 is 9.42 Å². The zero-order valence-corrected chi connectivity index (χ0v) is 13.8. The third kappa shape index (κ3) is 3.32. The Labute approximate surface area is 131 Å². The number of nitrogens with zero attached hydrogens (tertiary/aromatic N) is 4. The first kappa shape index (κ1) is 15.5. The monoisotopic (exact) mass is 306 g/mol. The molecule has 1 atom stereocenters. The maximum atomic E-state index is 12.7. The van der Waals surface area contributed by atoms with Crippen molar-refractivity contribution in [3.63, 3.8) is 0 Å². The van der Waals surface area contributed by atoms with Crippen molar-refractivity contribution in [2.75, 3.05) is 26.2 Å². The van der Waals surface area contributed by atoms with E-state index in [4.69, 9.17) is 0 Å². The highest BCUT2D eigenvalue weighted by molar-refractivity contribution is 5.93. The van der Waals surface area contributed by atoms with Crippen LogP contribution in [0.4, 0.5) is 0 Å². The van der Waals surface area contributed by atoms with Gasteiger partial charge in [0.05, 0.1) is 0 Å². The van der Waals surface area contributed by atoms with Gasteiger partial charge in [-0.25, -0.2) is 4.63 Å². The van der Waals surface area contributed by atoms with Crippen molar-refractivity contribution in [1.29, 1.82) is 0 Å². The Morgan fingerprint density at radius 2 is 2.09 bits per heavy atom.